The minimum absolute atomic E-state index is 0.148. The van der Waals surface area contributed by atoms with Crippen LogP contribution in [0.3, 0.4) is 0 Å². The average Bonchev–Trinajstić information content (AvgIpc) is 2.07. The lowest BCUT2D eigenvalue weighted by Crippen LogP contribution is -1.84. The van der Waals surface area contributed by atoms with E-state index in [1.807, 2.05) is 6.07 Å². The van der Waals surface area contributed by atoms with Gasteiger partial charge in [-0.05, 0) is 30.7 Å². The van der Waals surface area contributed by atoms with Gasteiger partial charge in [0.2, 0.25) is 0 Å². The van der Waals surface area contributed by atoms with Crippen molar-refractivity contribution in [3.05, 3.63) is 29.6 Å². The largest absolute Gasteiger partial charge is 0.207 e. The van der Waals surface area contributed by atoms with Gasteiger partial charge < -0.3 is 0 Å². The first-order chi connectivity index (χ1) is 5.74. The Kier molecular flexibility index (Phi) is 3.89. The van der Waals surface area contributed by atoms with Crippen molar-refractivity contribution in [1.82, 2.24) is 0 Å². The van der Waals surface area contributed by atoms with Crippen molar-refractivity contribution in [1.29, 1.82) is 0 Å². The molecule has 0 saturated carbocycles. The van der Waals surface area contributed by atoms with Crippen molar-refractivity contribution < 1.29 is 4.39 Å². The predicted octanol–water partition coefficient (Wildman–Crippen LogP) is 3.47. The maximum absolute atomic E-state index is 12.8. The normalized spacial score (nSPS) is 10.2. The molecule has 0 heterocycles. The SMILES string of the molecule is Cc1cc(SCCCl)ccc1F. The molecule has 0 saturated heterocycles. The second kappa shape index (κ2) is 4.73. The molecule has 0 radical (unpaired) electrons. The molecular formula is C9H10ClFS. The minimum atomic E-state index is -0.148. The molecule has 0 N–H and O–H groups in total. The molecule has 1 aromatic carbocycles. The smallest absolute Gasteiger partial charge is 0.126 e. The fourth-order valence-corrected chi connectivity index (χ4v) is 1.83. The van der Waals surface area contributed by atoms with Crippen LogP contribution in [0.2, 0.25) is 0 Å². The molecule has 0 amide bonds. The van der Waals surface area contributed by atoms with E-state index in [9.17, 15) is 4.39 Å². The Labute approximate surface area is 81.1 Å². The maximum atomic E-state index is 12.8. The predicted molar refractivity (Wildman–Crippen MR) is 52.6 cm³/mol. The van der Waals surface area contributed by atoms with Crippen LogP contribution in [0.5, 0.6) is 0 Å². The van der Waals surface area contributed by atoms with Gasteiger partial charge in [-0.3, -0.25) is 0 Å². The fourth-order valence-electron chi connectivity index (χ4n) is 0.863. The van der Waals surface area contributed by atoms with Crippen molar-refractivity contribution in [2.75, 3.05) is 11.6 Å². The fraction of sp³-hybridized carbons (Fsp3) is 0.333. The molecule has 0 aliphatic heterocycles. The van der Waals surface area contributed by atoms with Crippen molar-refractivity contribution in [2.45, 2.75) is 11.8 Å². The van der Waals surface area contributed by atoms with Gasteiger partial charge in [0, 0.05) is 16.5 Å². The van der Waals surface area contributed by atoms with Gasteiger partial charge in [-0.2, -0.15) is 0 Å². The Balaban J connectivity index is 2.69. The molecule has 66 valence electrons. The van der Waals surface area contributed by atoms with Gasteiger partial charge in [-0.15, -0.1) is 23.4 Å². The molecule has 0 aliphatic carbocycles. The molecule has 0 nitrogen and oxygen atoms in total. The lowest BCUT2D eigenvalue weighted by atomic mass is 10.2. The van der Waals surface area contributed by atoms with Gasteiger partial charge in [-0.25, -0.2) is 4.39 Å². The third-order valence-electron chi connectivity index (χ3n) is 1.48. The van der Waals surface area contributed by atoms with E-state index in [1.54, 1.807) is 24.8 Å². The summed E-state index contributed by atoms with van der Waals surface area (Å²) in [5.41, 5.74) is 0.689. The third kappa shape index (κ3) is 2.68. The van der Waals surface area contributed by atoms with E-state index in [0.717, 1.165) is 10.6 Å². The van der Waals surface area contributed by atoms with Crippen molar-refractivity contribution in [3.63, 3.8) is 0 Å². The highest BCUT2D eigenvalue weighted by atomic mass is 35.5. The third-order valence-corrected chi connectivity index (χ3v) is 2.88. The van der Waals surface area contributed by atoms with Crippen LogP contribution in [0.4, 0.5) is 4.39 Å². The minimum Gasteiger partial charge on any atom is -0.207 e. The van der Waals surface area contributed by atoms with Crippen LogP contribution in [0.15, 0.2) is 23.1 Å². The number of hydrogen-bond acceptors (Lipinski definition) is 1. The number of alkyl halides is 1. The summed E-state index contributed by atoms with van der Waals surface area (Å²) in [7, 11) is 0. The molecule has 1 aromatic rings. The summed E-state index contributed by atoms with van der Waals surface area (Å²) in [6, 6.07) is 5.11. The summed E-state index contributed by atoms with van der Waals surface area (Å²) in [6.07, 6.45) is 0. The van der Waals surface area contributed by atoms with Gasteiger partial charge in [0.25, 0.3) is 0 Å². The number of aryl methyl sites for hydroxylation is 1. The first-order valence-electron chi connectivity index (χ1n) is 3.69. The maximum Gasteiger partial charge on any atom is 0.126 e. The molecule has 0 unspecified atom stereocenters. The standard InChI is InChI=1S/C9H10ClFS/c1-7-6-8(12-5-4-10)2-3-9(7)11/h2-3,6H,4-5H2,1H3. The van der Waals surface area contributed by atoms with Crippen LogP contribution in [0.1, 0.15) is 5.56 Å². The highest BCUT2D eigenvalue weighted by Gasteiger charge is 1.98. The van der Waals surface area contributed by atoms with Gasteiger partial charge in [0.1, 0.15) is 5.82 Å². The Morgan fingerprint density at radius 2 is 2.25 bits per heavy atom. The van der Waals surface area contributed by atoms with Crippen molar-refractivity contribution in [2.24, 2.45) is 0 Å². The molecule has 0 fully saturated rings. The van der Waals surface area contributed by atoms with Gasteiger partial charge in [-0.1, -0.05) is 0 Å². The van der Waals surface area contributed by atoms with Crippen molar-refractivity contribution in [3.8, 4) is 0 Å². The zero-order valence-electron chi connectivity index (χ0n) is 6.81. The summed E-state index contributed by atoms with van der Waals surface area (Å²) in [4.78, 5) is 1.08. The second-order valence-electron chi connectivity index (χ2n) is 2.45. The first-order valence-corrected chi connectivity index (χ1v) is 5.21. The Morgan fingerprint density at radius 3 is 2.83 bits per heavy atom. The lowest BCUT2D eigenvalue weighted by molar-refractivity contribution is 0.617. The van der Waals surface area contributed by atoms with Crippen molar-refractivity contribution >= 4 is 23.4 Å². The first kappa shape index (κ1) is 9.87. The van der Waals surface area contributed by atoms with E-state index >= 15 is 0 Å². The summed E-state index contributed by atoms with van der Waals surface area (Å²) in [5, 5.41) is 0. The molecule has 0 bridgehead atoms. The summed E-state index contributed by atoms with van der Waals surface area (Å²) in [6.45, 7) is 1.76. The molecule has 12 heavy (non-hydrogen) atoms. The van der Waals surface area contributed by atoms with Gasteiger partial charge in [0.15, 0.2) is 0 Å². The zero-order valence-corrected chi connectivity index (χ0v) is 8.38. The van der Waals surface area contributed by atoms with E-state index in [-0.39, 0.29) is 5.82 Å². The van der Waals surface area contributed by atoms with Crippen LogP contribution in [0.25, 0.3) is 0 Å². The lowest BCUT2D eigenvalue weighted by Gasteiger charge is -2.00. The average molecular weight is 205 g/mol. The van der Waals surface area contributed by atoms with Crippen LogP contribution < -0.4 is 0 Å². The number of thioether (sulfide) groups is 1. The molecular weight excluding hydrogens is 195 g/mol. The molecule has 0 aromatic heterocycles. The van der Waals surface area contributed by atoms with E-state index in [1.165, 1.54) is 6.07 Å². The number of benzene rings is 1. The number of hydrogen-bond donors (Lipinski definition) is 0. The highest BCUT2D eigenvalue weighted by molar-refractivity contribution is 7.99. The summed E-state index contributed by atoms with van der Waals surface area (Å²) >= 11 is 7.17. The molecule has 0 spiro atoms. The summed E-state index contributed by atoms with van der Waals surface area (Å²) < 4.78 is 12.8. The molecule has 1 rings (SSSR count). The number of rotatable bonds is 3. The van der Waals surface area contributed by atoms with E-state index in [4.69, 9.17) is 11.6 Å². The van der Waals surface area contributed by atoms with E-state index in [2.05, 4.69) is 0 Å². The zero-order chi connectivity index (χ0) is 8.97. The number of halogens is 2. The molecule has 3 heteroatoms. The van der Waals surface area contributed by atoms with Gasteiger partial charge in [0.05, 0.1) is 0 Å². The Hall–Kier alpha value is -0.210. The van der Waals surface area contributed by atoms with E-state index in [0.29, 0.717) is 11.4 Å². The Morgan fingerprint density at radius 1 is 1.50 bits per heavy atom. The quantitative estimate of drug-likeness (QED) is 0.537. The molecule has 0 atom stereocenters. The topological polar surface area (TPSA) is 0 Å². The highest BCUT2D eigenvalue weighted by Crippen LogP contribution is 2.20. The van der Waals surface area contributed by atoms with Crippen LogP contribution in [-0.4, -0.2) is 11.6 Å². The van der Waals surface area contributed by atoms with Crippen LogP contribution >= 0.6 is 23.4 Å². The Bertz CT molecular complexity index is 263. The molecule has 0 aliphatic rings. The summed E-state index contributed by atoms with van der Waals surface area (Å²) in [5.74, 6) is 1.35. The van der Waals surface area contributed by atoms with Crippen LogP contribution in [0, 0.1) is 12.7 Å². The van der Waals surface area contributed by atoms with Crippen LogP contribution in [-0.2, 0) is 0 Å². The second-order valence-corrected chi connectivity index (χ2v) is 3.99. The van der Waals surface area contributed by atoms with E-state index < -0.39 is 0 Å². The van der Waals surface area contributed by atoms with Gasteiger partial charge >= 0.3 is 0 Å². The monoisotopic (exact) mass is 204 g/mol.